The standard InChI is InChI=1S/C24H30N2O3/c1-14-10-15(2)12-19(11-14)23(28)26(24(5,6)7)25-22(27)20-9-8-18-13-16(3)29-21(18)17(20)4/h8-12,16H,13H2,1-7H3,(H,25,27)/t16-/m0/s1. The fourth-order valence-corrected chi connectivity index (χ4v) is 3.78. The Kier molecular flexibility index (Phi) is 5.44. The van der Waals surface area contributed by atoms with E-state index in [9.17, 15) is 9.59 Å². The number of benzene rings is 2. The van der Waals surface area contributed by atoms with Crippen LogP contribution in [0.1, 0.15) is 70.7 Å². The second-order valence-corrected chi connectivity index (χ2v) is 8.99. The number of rotatable bonds is 2. The van der Waals surface area contributed by atoms with Crippen molar-refractivity contribution in [2.75, 3.05) is 0 Å². The summed E-state index contributed by atoms with van der Waals surface area (Å²) in [5.41, 5.74) is 7.25. The third kappa shape index (κ3) is 4.29. The zero-order valence-corrected chi connectivity index (χ0v) is 18.3. The van der Waals surface area contributed by atoms with E-state index in [0.29, 0.717) is 11.1 Å². The van der Waals surface area contributed by atoms with Crippen molar-refractivity contribution < 1.29 is 14.3 Å². The normalized spacial score (nSPS) is 15.5. The summed E-state index contributed by atoms with van der Waals surface area (Å²) in [6.45, 7) is 13.5. The van der Waals surface area contributed by atoms with Gasteiger partial charge in [0.05, 0.1) is 5.54 Å². The Labute approximate surface area is 173 Å². The van der Waals surface area contributed by atoms with Gasteiger partial charge in [0.1, 0.15) is 11.9 Å². The second kappa shape index (κ2) is 7.54. The fraction of sp³-hybridized carbons (Fsp3) is 0.417. The first kappa shape index (κ1) is 20.9. The van der Waals surface area contributed by atoms with Gasteiger partial charge in [0.2, 0.25) is 0 Å². The van der Waals surface area contributed by atoms with Crippen LogP contribution in [0.2, 0.25) is 0 Å². The molecule has 1 aliphatic rings. The molecule has 1 aliphatic heterocycles. The Morgan fingerprint density at radius 3 is 2.28 bits per heavy atom. The lowest BCUT2D eigenvalue weighted by Gasteiger charge is -2.35. The molecule has 1 heterocycles. The zero-order chi connectivity index (χ0) is 21.5. The Morgan fingerprint density at radius 1 is 1.07 bits per heavy atom. The summed E-state index contributed by atoms with van der Waals surface area (Å²) in [5.74, 6) is 0.232. The lowest BCUT2D eigenvalue weighted by molar-refractivity contribution is 0.0358. The first-order valence-corrected chi connectivity index (χ1v) is 10.0. The number of aryl methyl sites for hydroxylation is 2. The molecule has 3 rings (SSSR count). The summed E-state index contributed by atoms with van der Waals surface area (Å²) in [6, 6.07) is 9.46. The predicted octanol–water partition coefficient (Wildman–Crippen LogP) is 4.52. The second-order valence-electron chi connectivity index (χ2n) is 8.99. The predicted molar refractivity (Wildman–Crippen MR) is 114 cm³/mol. The number of hydrogen-bond donors (Lipinski definition) is 1. The molecule has 0 fully saturated rings. The van der Waals surface area contributed by atoms with Gasteiger partial charge < -0.3 is 4.74 Å². The highest BCUT2D eigenvalue weighted by molar-refractivity contribution is 6.00. The number of ether oxygens (including phenoxy) is 1. The van der Waals surface area contributed by atoms with Crippen molar-refractivity contribution in [1.82, 2.24) is 10.4 Å². The molecule has 29 heavy (non-hydrogen) atoms. The number of nitrogens with one attached hydrogen (secondary N) is 1. The summed E-state index contributed by atoms with van der Waals surface area (Å²) < 4.78 is 5.88. The number of nitrogens with zero attached hydrogens (tertiary/aromatic N) is 1. The van der Waals surface area contributed by atoms with Crippen molar-refractivity contribution in [3.63, 3.8) is 0 Å². The molecule has 154 valence electrons. The van der Waals surface area contributed by atoms with Gasteiger partial charge in [-0.1, -0.05) is 23.3 Å². The Balaban J connectivity index is 1.91. The number of hydrogen-bond acceptors (Lipinski definition) is 3. The first-order valence-electron chi connectivity index (χ1n) is 10.0. The highest BCUT2D eigenvalue weighted by Crippen LogP contribution is 2.34. The van der Waals surface area contributed by atoms with E-state index in [2.05, 4.69) is 5.43 Å². The van der Waals surface area contributed by atoms with Crippen LogP contribution in [0.5, 0.6) is 5.75 Å². The van der Waals surface area contributed by atoms with Gasteiger partial charge in [0, 0.05) is 23.1 Å². The van der Waals surface area contributed by atoms with Crippen LogP contribution < -0.4 is 10.2 Å². The molecule has 5 nitrogen and oxygen atoms in total. The number of amides is 2. The van der Waals surface area contributed by atoms with Crippen LogP contribution >= 0.6 is 0 Å². The molecule has 2 aromatic rings. The van der Waals surface area contributed by atoms with E-state index in [1.54, 1.807) is 0 Å². The van der Waals surface area contributed by atoms with Crippen molar-refractivity contribution in [3.8, 4) is 5.75 Å². The molecule has 0 saturated carbocycles. The van der Waals surface area contributed by atoms with Crippen LogP contribution in [0.3, 0.4) is 0 Å². The van der Waals surface area contributed by atoms with E-state index >= 15 is 0 Å². The van der Waals surface area contributed by atoms with Crippen molar-refractivity contribution >= 4 is 11.8 Å². The largest absolute Gasteiger partial charge is 0.490 e. The van der Waals surface area contributed by atoms with Crippen molar-refractivity contribution in [2.45, 2.75) is 66.5 Å². The maximum Gasteiger partial charge on any atom is 0.272 e. The molecule has 1 atom stereocenters. The molecule has 0 aliphatic carbocycles. The fourth-order valence-electron chi connectivity index (χ4n) is 3.78. The maximum absolute atomic E-state index is 13.3. The summed E-state index contributed by atoms with van der Waals surface area (Å²) in [6.07, 6.45) is 0.955. The third-order valence-electron chi connectivity index (χ3n) is 5.11. The van der Waals surface area contributed by atoms with Crippen LogP contribution in [0.4, 0.5) is 0 Å². The van der Waals surface area contributed by atoms with Gasteiger partial charge >= 0.3 is 0 Å². The molecule has 0 aromatic heterocycles. The number of fused-ring (bicyclic) bond motifs is 1. The van der Waals surface area contributed by atoms with Crippen LogP contribution in [0, 0.1) is 20.8 Å². The average Bonchev–Trinajstić information content (AvgIpc) is 2.98. The van der Waals surface area contributed by atoms with Gasteiger partial charge in [0.25, 0.3) is 11.8 Å². The molecule has 0 spiro atoms. The quantitative estimate of drug-likeness (QED) is 0.762. The van der Waals surface area contributed by atoms with E-state index in [0.717, 1.165) is 34.4 Å². The van der Waals surface area contributed by atoms with Crippen LogP contribution in [-0.2, 0) is 6.42 Å². The third-order valence-corrected chi connectivity index (χ3v) is 5.11. The minimum absolute atomic E-state index is 0.110. The summed E-state index contributed by atoms with van der Waals surface area (Å²) in [7, 11) is 0. The minimum atomic E-state index is -0.597. The molecule has 0 radical (unpaired) electrons. The van der Waals surface area contributed by atoms with E-state index in [1.165, 1.54) is 5.01 Å². The summed E-state index contributed by atoms with van der Waals surface area (Å²) >= 11 is 0. The zero-order valence-electron chi connectivity index (χ0n) is 18.3. The van der Waals surface area contributed by atoms with E-state index in [1.807, 2.05) is 78.8 Å². The maximum atomic E-state index is 13.3. The molecule has 2 aromatic carbocycles. The van der Waals surface area contributed by atoms with Crippen LogP contribution in [-0.4, -0.2) is 28.5 Å². The molecule has 0 bridgehead atoms. The highest BCUT2D eigenvalue weighted by Gasteiger charge is 2.31. The van der Waals surface area contributed by atoms with E-state index < -0.39 is 5.54 Å². The molecular formula is C24H30N2O3. The molecule has 0 saturated heterocycles. The summed E-state index contributed by atoms with van der Waals surface area (Å²) in [4.78, 5) is 26.4. The van der Waals surface area contributed by atoms with Gasteiger partial charge in [-0.2, -0.15) is 0 Å². The van der Waals surface area contributed by atoms with E-state index in [-0.39, 0.29) is 17.9 Å². The molecule has 5 heteroatoms. The van der Waals surface area contributed by atoms with Crippen LogP contribution in [0.25, 0.3) is 0 Å². The topological polar surface area (TPSA) is 58.6 Å². The van der Waals surface area contributed by atoms with Crippen molar-refractivity contribution in [2.24, 2.45) is 0 Å². The SMILES string of the molecule is Cc1cc(C)cc(C(=O)N(NC(=O)c2ccc3c(c2C)O[C@@H](C)C3)C(C)(C)C)c1. The van der Waals surface area contributed by atoms with Gasteiger partial charge in [-0.25, -0.2) is 5.01 Å². The lowest BCUT2D eigenvalue weighted by Crippen LogP contribution is -2.56. The first-order chi connectivity index (χ1) is 13.5. The summed E-state index contributed by atoms with van der Waals surface area (Å²) in [5, 5.41) is 1.42. The van der Waals surface area contributed by atoms with Gasteiger partial charge in [-0.15, -0.1) is 0 Å². The molecule has 0 unspecified atom stereocenters. The molecule has 1 N–H and O–H groups in total. The highest BCUT2D eigenvalue weighted by atomic mass is 16.5. The van der Waals surface area contributed by atoms with Crippen LogP contribution in [0.15, 0.2) is 30.3 Å². The van der Waals surface area contributed by atoms with Crippen molar-refractivity contribution in [3.05, 3.63) is 63.7 Å². The van der Waals surface area contributed by atoms with Gasteiger partial charge in [-0.05, 0) is 72.2 Å². The molecule has 2 amide bonds. The monoisotopic (exact) mass is 394 g/mol. The Hall–Kier alpha value is -2.82. The number of carbonyl (C=O) groups is 2. The lowest BCUT2D eigenvalue weighted by atomic mass is 10.0. The Bertz CT molecular complexity index is 953. The Morgan fingerprint density at radius 2 is 1.69 bits per heavy atom. The van der Waals surface area contributed by atoms with Gasteiger partial charge in [0.15, 0.2) is 0 Å². The van der Waals surface area contributed by atoms with Gasteiger partial charge in [-0.3, -0.25) is 15.0 Å². The smallest absolute Gasteiger partial charge is 0.272 e. The number of carbonyl (C=O) groups excluding carboxylic acids is 2. The molecular weight excluding hydrogens is 364 g/mol. The number of hydrazine groups is 1. The minimum Gasteiger partial charge on any atom is -0.490 e. The van der Waals surface area contributed by atoms with E-state index in [4.69, 9.17) is 4.74 Å². The van der Waals surface area contributed by atoms with Crippen molar-refractivity contribution in [1.29, 1.82) is 0 Å². The average molecular weight is 395 g/mol.